The zero-order valence-electron chi connectivity index (χ0n) is 12.3. The molecule has 0 bridgehead atoms. The van der Waals surface area contributed by atoms with Crippen LogP contribution in [0.2, 0.25) is 0 Å². The summed E-state index contributed by atoms with van der Waals surface area (Å²) >= 11 is 0. The number of carboxylic acid groups (broad SMARTS) is 1. The molecule has 1 unspecified atom stereocenters. The van der Waals surface area contributed by atoms with Crippen molar-refractivity contribution in [1.29, 1.82) is 0 Å². The summed E-state index contributed by atoms with van der Waals surface area (Å²) in [6.45, 7) is 4.42. The summed E-state index contributed by atoms with van der Waals surface area (Å²) in [4.78, 5) is 24.4. The van der Waals surface area contributed by atoms with Crippen LogP contribution in [0, 0.1) is 5.92 Å². The number of carbonyl (C=O) groups is 2. The van der Waals surface area contributed by atoms with Crippen molar-refractivity contribution in [3.63, 3.8) is 0 Å². The maximum Gasteiger partial charge on any atom is 0.338 e. The molecule has 0 saturated heterocycles. The highest BCUT2D eigenvalue weighted by atomic mass is 16.4. The van der Waals surface area contributed by atoms with E-state index in [1.54, 1.807) is 19.0 Å². The highest BCUT2D eigenvalue weighted by molar-refractivity contribution is 5.87. The normalized spacial score (nSPS) is 12.4. The van der Waals surface area contributed by atoms with Gasteiger partial charge in [0.2, 0.25) is 5.91 Å². The van der Waals surface area contributed by atoms with E-state index in [9.17, 15) is 9.59 Å². The van der Waals surface area contributed by atoms with Crippen LogP contribution in [0.1, 0.15) is 36.4 Å². The van der Waals surface area contributed by atoms with Crippen LogP contribution < -0.4 is 5.32 Å². The fourth-order valence-electron chi connectivity index (χ4n) is 1.86. The first-order valence-corrected chi connectivity index (χ1v) is 6.56. The van der Waals surface area contributed by atoms with Gasteiger partial charge in [-0.1, -0.05) is 13.8 Å². The van der Waals surface area contributed by atoms with Crippen molar-refractivity contribution in [3.8, 4) is 0 Å². The Bertz CT molecular complexity index is 465. The molecule has 112 valence electrons. The van der Waals surface area contributed by atoms with E-state index < -0.39 is 5.97 Å². The summed E-state index contributed by atoms with van der Waals surface area (Å²) < 4.78 is 5.15. The smallest absolute Gasteiger partial charge is 0.338 e. The van der Waals surface area contributed by atoms with E-state index in [1.807, 2.05) is 13.8 Å². The van der Waals surface area contributed by atoms with Crippen molar-refractivity contribution >= 4 is 11.9 Å². The summed E-state index contributed by atoms with van der Waals surface area (Å²) in [6, 6.07) is 1.16. The van der Waals surface area contributed by atoms with Crippen LogP contribution in [0.4, 0.5) is 0 Å². The van der Waals surface area contributed by atoms with Crippen molar-refractivity contribution in [2.75, 3.05) is 14.1 Å². The van der Waals surface area contributed by atoms with Gasteiger partial charge in [0.15, 0.2) is 0 Å². The van der Waals surface area contributed by atoms with Crippen LogP contribution in [0.15, 0.2) is 16.7 Å². The molecule has 0 spiro atoms. The van der Waals surface area contributed by atoms with Crippen LogP contribution in [0.25, 0.3) is 0 Å². The van der Waals surface area contributed by atoms with Gasteiger partial charge in [-0.25, -0.2) is 4.79 Å². The van der Waals surface area contributed by atoms with Crippen molar-refractivity contribution in [1.82, 2.24) is 10.2 Å². The topological polar surface area (TPSA) is 82.8 Å². The molecular formula is C14H22N2O4. The van der Waals surface area contributed by atoms with Crippen LogP contribution in [-0.4, -0.2) is 42.0 Å². The average molecular weight is 282 g/mol. The van der Waals surface area contributed by atoms with Gasteiger partial charge in [0.25, 0.3) is 0 Å². The third kappa shape index (κ3) is 4.70. The van der Waals surface area contributed by atoms with Gasteiger partial charge in [-0.15, -0.1) is 0 Å². The molecule has 6 heteroatoms. The molecule has 6 nitrogen and oxygen atoms in total. The number of carbonyl (C=O) groups excluding carboxylic acids is 1. The highest BCUT2D eigenvalue weighted by Crippen LogP contribution is 2.11. The molecule has 1 amide bonds. The van der Waals surface area contributed by atoms with Crippen molar-refractivity contribution in [2.45, 2.75) is 32.9 Å². The minimum atomic E-state index is -1.02. The zero-order valence-corrected chi connectivity index (χ0v) is 12.3. The third-order valence-electron chi connectivity index (χ3n) is 2.87. The van der Waals surface area contributed by atoms with Crippen LogP contribution in [-0.2, 0) is 11.3 Å². The summed E-state index contributed by atoms with van der Waals surface area (Å²) in [5.41, 5.74) is 0.112. The van der Waals surface area contributed by atoms with Crippen LogP contribution >= 0.6 is 0 Å². The number of likely N-dealkylation sites (N-methyl/N-ethyl adjacent to an activating group) is 1. The lowest BCUT2D eigenvalue weighted by Gasteiger charge is -2.22. The number of furan rings is 1. The molecule has 0 saturated carbocycles. The van der Waals surface area contributed by atoms with E-state index in [4.69, 9.17) is 9.52 Å². The molecule has 1 heterocycles. The Balaban J connectivity index is 2.65. The van der Waals surface area contributed by atoms with Gasteiger partial charge in [0.05, 0.1) is 18.2 Å². The largest absolute Gasteiger partial charge is 0.478 e. The minimum Gasteiger partial charge on any atom is -0.478 e. The van der Waals surface area contributed by atoms with E-state index in [1.165, 1.54) is 12.3 Å². The summed E-state index contributed by atoms with van der Waals surface area (Å²) in [5, 5.41) is 11.9. The van der Waals surface area contributed by atoms with Crippen molar-refractivity contribution < 1.29 is 19.1 Å². The van der Waals surface area contributed by atoms with E-state index >= 15 is 0 Å². The Morgan fingerprint density at radius 2 is 2.05 bits per heavy atom. The van der Waals surface area contributed by atoms with Gasteiger partial charge >= 0.3 is 5.97 Å². The Labute approximate surface area is 118 Å². The standard InChI is InChI=1S/C14H22N2O4/c1-9(2)5-12(13(17)16(3)4)15-7-11-6-10(8-20-11)14(18)19/h6,8-9,12,15H,5,7H2,1-4H3,(H,18,19). The van der Waals surface area contributed by atoms with Crippen molar-refractivity contribution in [3.05, 3.63) is 23.7 Å². The SMILES string of the molecule is CC(C)CC(NCc1cc(C(=O)O)co1)C(=O)N(C)C. The van der Waals surface area contributed by atoms with Crippen LogP contribution in [0.3, 0.4) is 0 Å². The lowest BCUT2D eigenvalue weighted by atomic mass is 10.0. The number of nitrogens with zero attached hydrogens (tertiary/aromatic N) is 1. The minimum absolute atomic E-state index is 0.00344. The second-order valence-corrected chi connectivity index (χ2v) is 5.40. The molecule has 20 heavy (non-hydrogen) atoms. The van der Waals surface area contributed by atoms with Crippen LogP contribution in [0.5, 0.6) is 0 Å². The highest BCUT2D eigenvalue weighted by Gasteiger charge is 2.21. The van der Waals surface area contributed by atoms with Gasteiger partial charge < -0.3 is 14.4 Å². The number of carboxylic acids is 1. The molecule has 1 rings (SSSR count). The molecule has 0 aliphatic heterocycles. The summed E-state index contributed by atoms with van der Waals surface area (Å²) in [6.07, 6.45) is 1.91. The fraction of sp³-hybridized carbons (Fsp3) is 0.571. The number of amides is 1. The molecular weight excluding hydrogens is 260 g/mol. The fourth-order valence-corrected chi connectivity index (χ4v) is 1.86. The molecule has 0 aromatic carbocycles. The van der Waals surface area contributed by atoms with E-state index in [-0.39, 0.29) is 17.5 Å². The predicted octanol–water partition coefficient (Wildman–Crippen LogP) is 1.57. The molecule has 0 fully saturated rings. The zero-order chi connectivity index (χ0) is 15.3. The maximum absolute atomic E-state index is 12.1. The van der Waals surface area contributed by atoms with Gasteiger partial charge in [0.1, 0.15) is 12.0 Å². The first kappa shape index (κ1) is 16.2. The monoisotopic (exact) mass is 282 g/mol. The first-order valence-electron chi connectivity index (χ1n) is 6.56. The van der Waals surface area contributed by atoms with Gasteiger partial charge in [-0.2, -0.15) is 0 Å². The van der Waals surface area contributed by atoms with E-state index in [2.05, 4.69) is 5.32 Å². The molecule has 1 aromatic rings. The molecule has 1 aromatic heterocycles. The quantitative estimate of drug-likeness (QED) is 0.793. The van der Waals surface area contributed by atoms with Crippen molar-refractivity contribution in [2.24, 2.45) is 5.92 Å². The second kappa shape index (κ2) is 7.09. The summed E-state index contributed by atoms with van der Waals surface area (Å²) in [5.74, 6) is -0.142. The molecule has 0 radical (unpaired) electrons. The number of hydrogen-bond acceptors (Lipinski definition) is 4. The number of nitrogens with one attached hydrogen (secondary N) is 1. The Morgan fingerprint density at radius 1 is 1.40 bits per heavy atom. The molecule has 0 aliphatic rings. The Morgan fingerprint density at radius 3 is 2.50 bits per heavy atom. The number of rotatable bonds is 7. The molecule has 1 atom stereocenters. The Hall–Kier alpha value is -1.82. The van der Waals surface area contributed by atoms with Gasteiger partial charge in [-0.05, 0) is 18.4 Å². The molecule has 2 N–H and O–H groups in total. The maximum atomic E-state index is 12.1. The molecule has 0 aliphatic carbocycles. The Kier molecular flexibility index (Phi) is 5.76. The van der Waals surface area contributed by atoms with E-state index in [0.717, 1.165) is 0 Å². The van der Waals surface area contributed by atoms with Gasteiger partial charge in [0, 0.05) is 14.1 Å². The second-order valence-electron chi connectivity index (χ2n) is 5.40. The average Bonchev–Trinajstić information content (AvgIpc) is 2.81. The lowest BCUT2D eigenvalue weighted by Crippen LogP contribution is -2.44. The first-order chi connectivity index (χ1) is 9.31. The third-order valence-corrected chi connectivity index (χ3v) is 2.87. The number of aromatic carboxylic acids is 1. The van der Waals surface area contributed by atoms with Gasteiger partial charge in [-0.3, -0.25) is 10.1 Å². The lowest BCUT2D eigenvalue weighted by molar-refractivity contribution is -0.131. The predicted molar refractivity (Wildman–Crippen MR) is 74.4 cm³/mol. The number of hydrogen-bond donors (Lipinski definition) is 2. The summed E-state index contributed by atoms with van der Waals surface area (Å²) in [7, 11) is 3.43. The van der Waals surface area contributed by atoms with E-state index in [0.29, 0.717) is 24.6 Å².